The molecule has 10 atom stereocenters. The minimum Gasteiger partial charge on any atom is -0.392 e. The summed E-state index contributed by atoms with van der Waals surface area (Å²) >= 11 is 40.5. The summed E-state index contributed by atoms with van der Waals surface area (Å²) in [5.41, 5.74) is 0. The standard InChI is InChI=1S/C12H10Cl6O/c13-8-9(14)6-2-1-3(7(6)19)4-5(2)11(9,16)12(17,18)10(4,8)15/h2-8,19H,1H2/t2?,3?,4?,5?,6?,7-,8?,9?,10?,11?/m1/s1. The average molecular weight is 383 g/mol. The van der Waals surface area contributed by atoms with Gasteiger partial charge in [0.2, 0.25) is 0 Å². The number of hydrogen-bond donors (Lipinski definition) is 1. The molecule has 0 amide bonds. The number of alkyl halides is 6. The molecule has 0 aromatic heterocycles. The predicted molar refractivity (Wildman–Crippen MR) is 77.9 cm³/mol. The van der Waals surface area contributed by atoms with Crippen molar-refractivity contribution in [3.63, 3.8) is 0 Å². The Labute approximate surface area is 140 Å². The largest absolute Gasteiger partial charge is 0.392 e. The molecule has 5 aliphatic rings. The first-order valence-corrected chi connectivity index (χ1v) is 8.76. The lowest BCUT2D eigenvalue weighted by molar-refractivity contribution is 0.0369. The molecule has 7 heteroatoms. The van der Waals surface area contributed by atoms with Crippen LogP contribution >= 0.6 is 69.6 Å². The number of halogens is 6. The third kappa shape index (κ3) is 0.821. The van der Waals surface area contributed by atoms with Crippen LogP contribution in [0.5, 0.6) is 0 Å². The highest BCUT2D eigenvalue weighted by atomic mass is 35.5. The van der Waals surface area contributed by atoms with E-state index in [0.717, 1.165) is 6.42 Å². The molecule has 9 unspecified atom stereocenters. The Morgan fingerprint density at radius 1 is 0.842 bits per heavy atom. The van der Waals surface area contributed by atoms with Gasteiger partial charge >= 0.3 is 0 Å². The summed E-state index contributed by atoms with van der Waals surface area (Å²) in [7, 11) is 0. The van der Waals surface area contributed by atoms with E-state index in [1.807, 2.05) is 0 Å². The van der Waals surface area contributed by atoms with Crippen molar-refractivity contribution in [3.8, 4) is 0 Å². The van der Waals surface area contributed by atoms with Crippen LogP contribution in [0.2, 0.25) is 0 Å². The van der Waals surface area contributed by atoms with E-state index < -0.39 is 30.4 Å². The highest BCUT2D eigenvalue weighted by molar-refractivity contribution is 6.63. The van der Waals surface area contributed by atoms with Crippen molar-refractivity contribution in [2.75, 3.05) is 0 Å². The van der Waals surface area contributed by atoms with Gasteiger partial charge in [-0.2, -0.15) is 0 Å². The summed E-state index contributed by atoms with van der Waals surface area (Å²) in [5.74, 6) is 0.170. The maximum Gasteiger partial charge on any atom is 0.160 e. The fourth-order valence-corrected chi connectivity index (χ4v) is 10.5. The minimum atomic E-state index is -1.36. The van der Waals surface area contributed by atoms with Crippen LogP contribution in [-0.2, 0) is 0 Å². The first-order chi connectivity index (χ1) is 8.66. The number of aliphatic hydroxyl groups is 1. The molecule has 0 heterocycles. The van der Waals surface area contributed by atoms with Crippen molar-refractivity contribution >= 4 is 69.6 Å². The van der Waals surface area contributed by atoms with Gasteiger partial charge in [-0.15, -0.1) is 46.4 Å². The van der Waals surface area contributed by atoms with Crippen LogP contribution in [0.3, 0.4) is 0 Å². The fourth-order valence-electron chi connectivity index (χ4n) is 6.48. The highest BCUT2D eigenvalue weighted by Gasteiger charge is 3.00. The second-order valence-corrected chi connectivity index (χ2v) is 10.4. The Morgan fingerprint density at radius 2 is 1.47 bits per heavy atom. The molecule has 0 aromatic carbocycles. The highest BCUT2D eigenvalue weighted by Crippen LogP contribution is 2.91. The summed E-state index contributed by atoms with van der Waals surface area (Å²) in [4.78, 5) is -3.14. The number of hydrogen-bond acceptors (Lipinski definition) is 1. The van der Waals surface area contributed by atoms with E-state index in [1.165, 1.54) is 0 Å². The van der Waals surface area contributed by atoms with Gasteiger partial charge in [0.05, 0.1) is 16.4 Å². The van der Waals surface area contributed by atoms with Crippen LogP contribution in [0.25, 0.3) is 0 Å². The normalized spacial score (nSPS) is 77.5. The third-order valence-corrected chi connectivity index (χ3v) is 11.8. The van der Waals surface area contributed by atoms with Gasteiger partial charge in [0.15, 0.2) is 4.33 Å². The molecule has 0 spiro atoms. The van der Waals surface area contributed by atoms with Crippen LogP contribution in [0.15, 0.2) is 0 Å². The van der Waals surface area contributed by atoms with E-state index in [1.54, 1.807) is 0 Å². The summed E-state index contributed by atoms with van der Waals surface area (Å²) in [6.07, 6.45) is 0.419. The number of rotatable bonds is 0. The average Bonchev–Trinajstić information content (AvgIpc) is 2.95. The quantitative estimate of drug-likeness (QED) is 0.635. The zero-order valence-electron chi connectivity index (χ0n) is 9.46. The van der Waals surface area contributed by atoms with Crippen LogP contribution in [-0.4, -0.2) is 35.5 Å². The Hall–Kier alpha value is 1.70. The lowest BCUT2D eigenvalue weighted by Crippen LogP contribution is -2.54. The molecule has 1 N–H and O–H groups in total. The molecule has 4 bridgehead atoms. The van der Waals surface area contributed by atoms with Crippen molar-refractivity contribution in [1.82, 2.24) is 0 Å². The lowest BCUT2D eigenvalue weighted by atomic mass is 9.76. The Kier molecular flexibility index (Phi) is 2.10. The summed E-state index contributed by atoms with van der Waals surface area (Å²) < 4.78 is -1.36. The maximum atomic E-state index is 10.6. The van der Waals surface area contributed by atoms with Gasteiger partial charge in [0.1, 0.15) is 9.75 Å². The van der Waals surface area contributed by atoms with Crippen molar-refractivity contribution in [3.05, 3.63) is 0 Å². The number of fused-ring (bicyclic) bond motifs is 5. The van der Waals surface area contributed by atoms with Crippen molar-refractivity contribution in [2.24, 2.45) is 29.6 Å². The maximum absolute atomic E-state index is 10.6. The predicted octanol–water partition coefficient (Wildman–Crippen LogP) is 3.60. The Morgan fingerprint density at radius 3 is 2.11 bits per heavy atom. The van der Waals surface area contributed by atoms with E-state index in [0.29, 0.717) is 0 Å². The van der Waals surface area contributed by atoms with Gasteiger partial charge in [-0.05, 0) is 30.1 Å². The van der Waals surface area contributed by atoms with E-state index in [4.69, 9.17) is 69.6 Å². The van der Waals surface area contributed by atoms with Crippen molar-refractivity contribution in [2.45, 2.75) is 36.9 Å². The molecule has 19 heavy (non-hydrogen) atoms. The summed E-state index contributed by atoms with van der Waals surface area (Å²) in [6, 6.07) is 0. The second-order valence-electron chi connectivity index (χ2n) is 6.82. The Bertz CT molecular complexity index is 526. The first kappa shape index (κ1) is 13.2. The molecule has 1 nitrogen and oxygen atoms in total. The van der Waals surface area contributed by atoms with Gasteiger partial charge in [-0.1, -0.05) is 23.2 Å². The molecule has 0 saturated heterocycles. The molecule has 0 radical (unpaired) electrons. The lowest BCUT2D eigenvalue weighted by Gasteiger charge is -2.41. The number of aliphatic hydroxyl groups excluding tert-OH is 1. The van der Waals surface area contributed by atoms with Gasteiger partial charge in [-0.25, -0.2) is 0 Å². The molecule has 5 rings (SSSR count). The topological polar surface area (TPSA) is 20.2 Å². The molecule has 5 fully saturated rings. The summed E-state index contributed by atoms with van der Waals surface area (Å²) in [5, 5.41) is 9.93. The van der Waals surface area contributed by atoms with Crippen LogP contribution in [0.4, 0.5) is 0 Å². The van der Waals surface area contributed by atoms with E-state index in [2.05, 4.69) is 0 Å². The van der Waals surface area contributed by atoms with Gasteiger partial charge in [0.25, 0.3) is 0 Å². The van der Waals surface area contributed by atoms with Crippen molar-refractivity contribution < 1.29 is 5.11 Å². The van der Waals surface area contributed by atoms with Gasteiger partial charge in [0, 0.05) is 5.92 Å². The molecule has 5 saturated carbocycles. The third-order valence-electron chi connectivity index (χ3n) is 6.78. The smallest absolute Gasteiger partial charge is 0.160 e. The monoisotopic (exact) mass is 380 g/mol. The SMILES string of the molecule is O[C@@H]1C2CC3C1C1(Cl)C(Cl)C4(Cl)C2C3C1(Cl)C4(Cl)Cl. The molecule has 106 valence electrons. The molecular formula is C12H10Cl6O. The van der Waals surface area contributed by atoms with E-state index >= 15 is 0 Å². The van der Waals surface area contributed by atoms with Crippen LogP contribution in [0.1, 0.15) is 6.42 Å². The van der Waals surface area contributed by atoms with E-state index in [9.17, 15) is 5.11 Å². The van der Waals surface area contributed by atoms with Crippen molar-refractivity contribution in [1.29, 1.82) is 0 Å². The van der Waals surface area contributed by atoms with E-state index in [-0.39, 0.29) is 29.6 Å². The summed E-state index contributed by atoms with van der Waals surface area (Å²) in [6.45, 7) is 0. The minimum absolute atomic E-state index is 0.0465. The second kappa shape index (κ2) is 3.03. The van der Waals surface area contributed by atoms with Gasteiger partial charge in [-0.3, -0.25) is 0 Å². The molecule has 0 aromatic rings. The molecule has 0 aliphatic heterocycles. The van der Waals surface area contributed by atoms with Gasteiger partial charge < -0.3 is 5.11 Å². The first-order valence-electron chi connectivity index (χ1n) is 6.43. The zero-order valence-corrected chi connectivity index (χ0v) is 14.0. The fraction of sp³-hybridized carbons (Fsp3) is 1.00. The molecule has 5 aliphatic carbocycles. The Balaban J connectivity index is 1.93. The zero-order chi connectivity index (χ0) is 13.7. The van der Waals surface area contributed by atoms with Crippen LogP contribution < -0.4 is 0 Å². The van der Waals surface area contributed by atoms with Crippen LogP contribution in [0, 0.1) is 29.6 Å². The molecular weight excluding hydrogens is 373 g/mol.